The van der Waals surface area contributed by atoms with Gasteiger partial charge in [0.05, 0.1) is 25.5 Å². The second-order valence-corrected chi connectivity index (χ2v) is 6.66. The number of aryl methyl sites for hydroxylation is 1. The zero-order valence-corrected chi connectivity index (χ0v) is 15.0. The van der Waals surface area contributed by atoms with Gasteiger partial charge in [-0.15, -0.1) is 11.3 Å². The number of likely N-dealkylation sites (N-methyl/N-ethyl adjacent to an activating group) is 1. The molecule has 3 heterocycles. The Kier molecular flexibility index (Phi) is 5.34. The fourth-order valence-electron chi connectivity index (χ4n) is 2.46. The summed E-state index contributed by atoms with van der Waals surface area (Å²) >= 11 is 1.24. The molecule has 8 nitrogen and oxygen atoms in total. The average molecular weight is 361 g/mol. The fourth-order valence-corrected chi connectivity index (χ4v) is 3.47. The van der Waals surface area contributed by atoms with E-state index in [-0.39, 0.29) is 18.4 Å². The summed E-state index contributed by atoms with van der Waals surface area (Å²) in [6.45, 7) is 4.02. The third-order valence-corrected chi connectivity index (χ3v) is 4.97. The molecule has 25 heavy (non-hydrogen) atoms. The first kappa shape index (κ1) is 17.4. The molecule has 0 saturated carbocycles. The molecule has 0 aliphatic carbocycles. The highest BCUT2D eigenvalue weighted by Gasteiger charge is 2.24. The Bertz CT molecular complexity index is 758. The van der Waals surface area contributed by atoms with Crippen LogP contribution in [0.1, 0.15) is 15.4 Å². The van der Waals surface area contributed by atoms with Crippen LogP contribution < -0.4 is 0 Å². The Morgan fingerprint density at radius 1 is 1.28 bits per heavy atom. The molecule has 2 amide bonds. The van der Waals surface area contributed by atoms with Crippen LogP contribution >= 0.6 is 11.3 Å². The summed E-state index contributed by atoms with van der Waals surface area (Å²) < 4.78 is 5.24. The van der Waals surface area contributed by atoms with Crippen molar-refractivity contribution in [3.05, 3.63) is 29.0 Å². The first-order valence-electron chi connectivity index (χ1n) is 7.92. The Balaban J connectivity index is 1.70. The minimum atomic E-state index is -0.223. The number of amides is 2. The molecule has 0 aromatic carbocycles. The largest absolute Gasteiger partial charge is 0.378 e. The molecule has 1 aliphatic heterocycles. The molecule has 132 valence electrons. The number of rotatable bonds is 4. The first-order chi connectivity index (χ1) is 12.1. The van der Waals surface area contributed by atoms with Gasteiger partial charge in [-0.05, 0) is 13.0 Å². The maximum atomic E-state index is 12.7. The molecule has 0 radical (unpaired) electrons. The number of hydrogen-bond donors (Lipinski definition) is 0. The van der Waals surface area contributed by atoms with E-state index in [2.05, 4.69) is 15.0 Å². The van der Waals surface area contributed by atoms with Gasteiger partial charge in [0.25, 0.3) is 5.91 Å². The van der Waals surface area contributed by atoms with Gasteiger partial charge >= 0.3 is 0 Å². The molecule has 2 aromatic rings. The molecule has 1 aliphatic rings. The van der Waals surface area contributed by atoms with Crippen molar-refractivity contribution in [3.63, 3.8) is 0 Å². The van der Waals surface area contributed by atoms with Gasteiger partial charge in [-0.3, -0.25) is 9.59 Å². The number of ether oxygens (including phenoxy) is 1. The Morgan fingerprint density at radius 2 is 1.96 bits per heavy atom. The highest BCUT2D eigenvalue weighted by molar-refractivity contribution is 7.17. The van der Waals surface area contributed by atoms with Crippen molar-refractivity contribution in [2.75, 3.05) is 39.9 Å². The van der Waals surface area contributed by atoms with E-state index in [9.17, 15) is 9.59 Å². The lowest BCUT2D eigenvalue weighted by atomic mass is 10.3. The first-order valence-corrected chi connectivity index (χ1v) is 8.73. The lowest BCUT2D eigenvalue weighted by Crippen LogP contribution is -2.46. The van der Waals surface area contributed by atoms with E-state index in [1.807, 2.05) is 0 Å². The van der Waals surface area contributed by atoms with Crippen molar-refractivity contribution < 1.29 is 14.3 Å². The maximum Gasteiger partial charge on any atom is 0.266 e. The van der Waals surface area contributed by atoms with Gasteiger partial charge in [-0.25, -0.2) is 15.0 Å². The van der Waals surface area contributed by atoms with Gasteiger partial charge in [0.15, 0.2) is 10.8 Å². The van der Waals surface area contributed by atoms with E-state index in [0.717, 1.165) is 0 Å². The molecule has 2 aromatic heterocycles. The van der Waals surface area contributed by atoms with Crippen molar-refractivity contribution >= 4 is 23.2 Å². The average Bonchev–Trinajstić information content (AvgIpc) is 3.04. The molecule has 0 atom stereocenters. The lowest BCUT2D eigenvalue weighted by molar-refractivity contribution is -0.135. The molecule has 9 heteroatoms. The third-order valence-electron chi connectivity index (χ3n) is 3.83. The summed E-state index contributed by atoms with van der Waals surface area (Å²) in [6, 6.07) is 1.72. The number of carbonyl (C=O) groups is 2. The number of thiazole rings is 1. The van der Waals surface area contributed by atoms with Crippen LogP contribution in [0.3, 0.4) is 0 Å². The number of aromatic nitrogens is 3. The summed E-state index contributed by atoms with van der Waals surface area (Å²) in [5.41, 5.74) is 0.614. The maximum absolute atomic E-state index is 12.7. The van der Waals surface area contributed by atoms with Crippen LogP contribution in [0.5, 0.6) is 0 Å². The Morgan fingerprint density at radius 3 is 2.64 bits per heavy atom. The van der Waals surface area contributed by atoms with Gasteiger partial charge in [-0.1, -0.05) is 0 Å². The summed E-state index contributed by atoms with van der Waals surface area (Å²) in [5, 5.41) is 0.592. The molecular formula is C16H19N5O3S. The van der Waals surface area contributed by atoms with E-state index in [1.54, 1.807) is 37.3 Å². The molecule has 1 saturated heterocycles. The van der Waals surface area contributed by atoms with Crippen molar-refractivity contribution in [2.45, 2.75) is 6.92 Å². The highest BCUT2D eigenvalue weighted by atomic mass is 32.1. The van der Waals surface area contributed by atoms with Crippen molar-refractivity contribution in [2.24, 2.45) is 0 Å². The van der Waals surface area contributed by atoms with Crippen LogP contribution in [-0.2, 0) is 9.53 Å². The van der Waals surface area contributed by atoms with Crippen molar-refractivity contribution in [1.82, 2.24) is 24.8 Å². The zero-order chi connectivity index (χ0) is 17.8. The molecule has 3 rings (SSSR count). The standard InChI is InChI=1S/C16H19N5O3S/c1-11-13(25-15(19-11)14-17-4-3-5-18-14)16(23)20(2)10-12(22)21-6-8-24-9-7-21/h3-5H,6-10H2,1-2H3. The number of nitrogens with zero attached hydrogens (tertiary/aromatic N) is 5. The summed E-state index contributed by atoms with van der Waals surface area (Å²) in [6.07, 6.45) is 3.27. The van der Waals surface area contributed by atoms with Crippen molar-refractivity contribution in [1.29, 1.82) is 0 Å². The smallest absolute Gasteiger partial charge is 0.266 e. The van der Waals surface area contributed by atoms with Gasteiger partial charge in [0.1, 0.15) is 4.88 Å². The van der Waals surface area contributed by atoms with Gasteiger partial charge < -0.3 is 14.5 Å². The van der Waals surface area contributed by atoms with E-state index in [0.29, 0.717) is 47.7 Å². The summed E-state index contributed by atoms with van der Waals surface area (Å²) in [4.78, 5) is 41.3. The van der Waals surface area contributed by atoms with E-state index < -0.39 is 0 Å². The molecule has 0 N–H and O–H groups in total. The Labute approximate surface area is 149 Å². The van der Waals surface area contributed by atoms with Gasteiger partial charge in [0, 0.05) is 32.5 Å². The molecule has 0 bridgehead atoms. The lowest BCUT2D eigenvalue weighted by Gasteiger charge is -2.28. The predicted octanol–water partition coefficient (Wildman–Crippen LogP) is 0.839. The van der Waals surface area contributed by atoms with Gasteiger partial charge in [-0.2, -0.15) is 0 Å². The highest BCUT2D eigenvalue weighted by Crippen LogP contribution is 2.26. The van der Waals surface area contributed by atoms with Crippen LogP contribution in [-0.4, -0.2) is 76.5 Å². The SMILES string of the molecule is Cc1nc(-c2ncccn2)sc1C(=O)N(C)CC(=O)N1CCOCC1. The van der Waals surface area contributed by atoms with Gasteiger partial charge in [0.2, 0.25) is 5.91 Å². The normalized spacial score (nSPS) is 14.4. The predicted molar refractivity (Wildman–Crippen MR) is 92.2 cm³/mol. The number of morpholine rings is 1. The second-order valence-electron chi connectivity index (χ2n) is 5.66. The quantitative estimate of drug-likeness (QED) is 0.802. The fraction of sp³-hybridized carbons (Fsp3) is 0.438. The van der Waals surface area contributed by atoms with Crippen LogP contribution in [0, 0.1) is 6.92 Å². The van der Waals surface area contributed by atoms with E-state index in [4.69, 9.17) is 4.74 Å². The van der Waals surface area contributed by atoms with Crippen LogP contribution in [0.2, 0.25) is 0 Å². The summed E-state index contributed by atoms with van der Waals surface area (Å²) in [7, 11) is 1.62. The third kappa shape index (κ3) is 3.99. The van der Waals surface area contributed by atoms with E-state index >= 15 is 0 Å². The Hall–Kier alpha value is -2.39. The number of hydrogen-bond acceptors (Lipinski definition) is 7. The van der Waals surface area contributed by atoms with Crippen LogP contribution in [0.25, 0.3) is 10.8 Å². The molecular weight excluding hydrogens is 342 g/mol. The van der Waals surface area contributed by atoms with Crippen LogP contribution in [0.15, 0.2) is 18.5 Å². The minimum Gasteiger partial charge on any atom is -0.378 e. The monoisotopic (exact) mass is 361 g/mol. The summed E-state index contributed by atoms with van der Waals surface area (Å²) in [5.74, 6) is 0.188. The van der Waals surface area contributed by atoms with E-state index in [1.165, 1.54) is 16.2 Å². The number of carbonyl (C=O) groups excluding carboxylic acids is 2. The minimum absolute atomic E-state index is 0.0351. The molecule has 0 unspecified atom stereocenters. The zero-order valence-electron chi connectivity index (χ0n) is 14.1. The molecule has 1 fully saturated rings. The molecule has 0 spiro atoms. The van der Waals surface area contributed by atoms with Crippen molar-refractivity contribution in [3.8, 4) is 10.8 Å². The van der Waals surface area contributed by atoms with Crippen LogP contribution in [0.4, 0.5) is 0 Å². The second kappa shape index (κ2) is 7.66. The topological polar surface area (TPSA) is 88.5 Å².